The molecule has 17 nitrogen and oxygen atoms in total. The maximum absolute atomic E-state index is 13.1. The van der Waals surface area contributed by atoms with Gasteiger partial charge in [-0.2, -0.15) is 0 Å². The van der Waals surface area contributed by atoms with E-state index >= 15 is 0 Å². The number of carbonyl (C=O) groups excluding carboxylic acids is 4. The van der Waals surface area contributed by atoms with Gasteiger partial charge < -0.3 is 33.8 Å². The standard InChI is InChI=1S/C79H150O17P2/c1-6-9-12-15-18-21-24-27-30-32-35-38-41-44-49-55-60-65-78(83)95-74(68-89-76(81)62-57-52-47-42-39-36-34-31-28-25-22-19-16-13-10-7-2)70-93-97(85,86)91-66-73(80)67-92-98(87,88)94-71-75(69-90-77(82)63-58-53-50-45-46-51-56-61-72(4)5)96-79(84)64-59-54-48-43-40-37-33-29-26-23-20-17-14-11-8-3/h23,26,29,33,72-75,80H,6-22,24-25,27-28,30-32,34-71H2,1-5H3,(H,85,86)(H,87,88)/b26-23-,33-29-/t73-,74-,75-/m1/s1. The third kappa shape index (κ3) is 71.9. The molecule has 0 saturated heterocycles. The molecule has 0 rings (SSSR count). The largest absolute Gasteiger partial charge is 0.472 e. The molecule has 2 unspecified atom stereocenters. The Labute approximate surface area is 599 Å². The van der Waals surface area contributed by atoms with E-state index in [9.17, 15) is 43.2 Å². The molecular weight excluding hydrogens is 1280 g/mol. The zero-order valence-corrected chi connectivity index (χ0v) is 65.2. The fourth-order valence-corrected chi connectivity index (χ4v) is 13.3. The second-order valence-electron chi connectivity index (χ2n) is 28.2. The lowest BCUT2D eigenvalue weighted by Crippen LogP contribution is -2.30. The Hall–Kier alpha value is -2.46. The van der Waals surface area contributed by atoms with Crippen LogP contribution in [-0.2, 0) is 65.4 Å². The summed E-state index contributed by atoms with van der Waals surface area (Å²) in [5, 5.41) is 10.6. The number of phosphoric ester groups is 2. The number of rotatable bonds is 77. The average Bonchev–Trinajstić information content (AvgIpc) is 0.960. The molecule has 3 N–H and O–H groups in total. The molecule has 0 spiro atoms. The van der Waals surface area contributed by atoms with Gasteiger partial charge in [0.15, 0.2) is 12.2 Å². The maximum Gasteiger partial charge on any atom is 0.472 e. The molecule has 0 bridgehead atoms. The summed E-state index contributed by atoms with van der Waals surface area (Å²) in [7, 11) is -9.93. The lowest BCUT2D eigenvalue weighted by atomic mass is 10.0. The average molecular weight is 1430 g/mol. The van der Waals surface area contributed by atoms with E-state index in [1.165, 1.54) is 199 Å². The van der Waals surface area contributed by atoms with Crippen LogP contribution in [0.15, 0.2) is 24.3 Å². The topological polar surface area (TPSA) is 237 Å². The fourth-order valence-electron chi connectivity index (χ4n) is 11.7. The monoisotopic (exact) mass is 1430 g/mol. The van der Waals surface area contributed by atoms with E-state index in [4.69, 9.17) is 37.0 Å². The number of hydrogen-bond donors (Lipinski definition) is 3. The molecule has 578 valence electrons. The molecule has 0 aliphatic rings. The van der Waals surface area contributed by atoms with Crippen LogP contribution in [0.2, 0.25) is 0 Å². The number of hydrogen-bond acceptors (Lipinski definition) is 15. The summed E-state index contributed by atoms with van der Waals surface area (Å²) in [6.45, 7) is 7.19. The van der Waals surface area contributed by atoms with Crippen molar-refractivity contribution in [2.75, 3.05) is 39.6 Å². The van der Waals surface area contributed by atoms with Crippen LogP contribution < -0.4 is 0 Å². The lowest BCUT2D eigenvalue weighted by molar-refractivity contribution is -0.161. The normalized spacial score (nSPS) is 14.1. The van der Waals surface area contributed by atoms with Gasteiger partial charge in [0.25, 0.3) is 0 Å². The summed E-state index contributed by atoms with van der Waals surface area (Å²) in [6.07, 6.45) is 64.7. The molecule has 98 heavy (non-hydrogen) atoms. The Morgan fingerprint density at radius 3 is 0.837 bits per heavy atom. The summed E-state index contributed by atoms with van der Waals surface area (Å²) in [6, 6.07) is 0. The van der Waals surface area contributed by atoms with Crippen LogP contribution in [0.5, 0.6) is 0 Å². The Balaban J connectivity index is 5.28. The van der Waals surface area contributed by atoms with Crippen LogP contribution in [0.25, 0.3) is 0 Å². The Bertz CT molecular complexity index is 1970. The first-order chi connectivity index (χ1) is 47.5. The van der Waals surface area contributed by atoms with Crippen molar-refractivity contribution < 1.29 is 80.2 Å². The number of carbonyl (C=O) groups is 4. The van der Waals surface area contributed by atoms with Crippen molar-refractivity contribution in [3.63, 3.8) is 0 Å². The van der Waals surface area contributed by atoms with Gasteiger partial charge in [0, 0.05) is 25.7 Å². The molecule has 0 aromatic heterocycles. The Kier molecular flexibility index (Phi) is 69.7. The number of aliphatic hydroxyl groups is 1. The van der Waals surface area contributed by atoms with Crippen LogP contribution >= 0.6 is 15.6 Å². The van der Waals surface area contributed by atoms with E-state index < -0.39 is 97.5 Å². The fraction of sp³-hybridized carbons (Fsp3) is 0.899. The maximum atomic E-state index is 13.1. The van der Waals surface area contributed by atoms with Gasteiger partial charge in [-0.15, -0.1) is 0 Å². The quantitative estimate of drug-likeness (QED) is 0.0169. The third-order valence-corrected chi connectivity index (χ3v) is 19.8. The first kappa shape index (κ1) is 95.5. The third-order valence-electron chi connectivity index (χ3n) is 17.9. The highest BCUT2D eigenvalue weighted by Gasteiger charge is 2.30. The first-order valence-electron chi connectivity index (χ1n) is 40.5. The highest BCUT2D eigenvalue weighted by atomic mass is 31.2. The number of allylic oxidation sites excluding steroid dienone is 4. The minimum Gasteiger partial charge on any atom is -0.462 e. The van der Waals surface area contributed by atoms with Crippen molar-refractivity contribution in [3.05, 3.63) is 24.3 Å². The van der Waals surface area contributed by atoms with Crippen molar-refractivity contribution in [1.29, 1.82) is 0 Å². The molecule has 0 radical (unpaired) electrons. The summed E-state index contributed by atoms with van der Waals surface area (Å²) in [4.78, 5) is 72.9. The van der Waals surface area contributed by atoms with Gasteiger partial charge in [-0.25, -0.2) is 9.13 Å². The van der Waals surface area contributed by atoms with Gasteiger partial charge in [-0.1, -0.05) is 341 Å². The summed E-state index contributed by atoms with van der Waals surface area (Å²) < 4.78 is 68.6. The van der Waals surface area contributed by atoms with Crippen LogP contribution in [0.4, 0.5) is 0 Å². The van der Waals surface area contributed by atoms with Crippen molar-refractivity contribution >= 4 is 39.5 Å². The van der Waals surface area contributed by atoms with Gasteiger partial charge >= 0.3 is 39.5 Å². The molecule has 5 atom stereocenters. The molecule has 0 aliphatic carbocycles. The van der Waals surface area contributed by atoms with Crippen molar-refractivity contribution in [1.82, 2.24) is 0 Å². The highest BCUT2D eigenvalue weighted by molar-refractivity contribution is 7.47. The van der Waals surface area contributed by atoms with Crippen molar-refractivity contribution in [2.24, 2.45) is 5.92 Å². The highest BCUT2D eigenvalue weighted by Crippen LogP contribution is 2.45. The summed E-state index contributed by atoms with van der Waals surface area (Å²) in [5.41, 5.74) is 0. The van der Waals surface area contributed by atoms with E-state index in [0.29, 0.717) is 31.6 Å². The van der Waals surface area contributed by atoms with Gasteiger partial charge in [0.05, 0.1) is 26.4 Å². The molecule has 0 amide bonds. The van der Waals surface area contributed by atoms with E-state index in [1.807, 2.05) is 0 Å². The van der Waals surface area contributed by atoms with Crippen LogP contribution in [0.3, 0.4) is 0 Å². The van der Waals surface area contributed by atoms with Crippen LogP contribution in [-0.4, -0.2) is 96.7 Å². The van der Waals surface area contributed by atoms with E-state index in [-0.39, 0.29) is 25.7 Å². The number of ether oxygens (including phenoxy) is 4. The van der Waals surface area contributed by atoms with Crippen molar-refractivity contribution in [3.8, 4) is 0 Å². The zero-order valence-electron chi connectivity index (χ0n) is 63.4. The zero-order chi connectivity index (χ0) is 71.9. The lowest BCUT2D eigenvalue weighted by Gasteiger charge is -2.21. The molecule has 0 aromatic carbocycles. The van der Waals surface area contributed by atoms with E-state index in [2.05, 4.69) is 58.9 Å². The number of aliphatic hydroxyl groups excluding tert-OH is 1. The Morgan fingerprint density at radius 1 is 0.316 bits per heavy atom. The second-order valence-corrected chi connectivity index (χ2v) is 31.2. The van der Waals surface area contributed by atoms with E-state index in [1.54, 1.807) is 0 Å². The number of phosphoric acid groups is 2. The minimum absolute atomic E-state index is 0.0846. The van der Waals surface area contributed by atoms with Gasteiger partial charge in [-0.3, -0.25) is 37.3 Å². The smallest absolute Gasteiger partial charge is 0.462 e. The molecular formula is C79H150O17P2. The SMILES string of the molecule is CCCCCC/C=C\C=C/CCCCCCCC(=O)O[C@H](COC(=O)CCCCCCCCCC(C)C)COP(=O)(O)OC[C@H](O)COP(=O)(O)OC[C@@H](COC(=O)CCCCCCCCCCCCCCCCCC)OC(=O)CCCCCCCCCCCCCCCCCCC. The van der Waals surface area contributed by atoms with Crippen LogP contribution in [0.1, 0.15) is 394 Å². The van der Waals surface area contributed by atoms with Gasteiger partial charge in [0.2, 0.25) is 0 Å². The number of esters is 4. The summed E-state index contributed by atoms with van der Waals surface area (Å²) in [5.74, 6) is -1.44. The predicted molar refractivity (Wildman–Crippen MR) is 400 cm³/mol. The molecule has 0 fully saturated rings. The molecule has 0 aromatic rings. The van der Waals surface area contributed by atoms with Crippen LogP contribution in [0, 0.1) is 5.92 Å². The predicted octanol–water partition coefficient (Wildman–Crippen LogP) is 23.2. The summed E-state index contributed by atoms with van der Waals surface area (Å²) >= 11 is 0. The molecule has 0 heterocycles. The molecule has 0 saturated carbocycles. The minimum atomic E-state index is -4.96. The van der Waals surface area contributed by atoms with Gasteiger partial charge in [-0.05, 0) is 57.3 Å². The Morgan fingerprint density at radius 2 is 0.551 bits per heavy atom. The second kappa shape index (κ2) is 71.5. The van der Waals surface area contributed by atoms with E-state index in [0.717, 1.165) is 109 Å². The number of unbranched alkanes of at least 4 members (excludes halogenated alkanes) is 46. The first-order valence-corrected chi connectivity index (χ1v) is 43.4. The van der Waals surface area contributed by atoms with Crippen molar-refractivity contribution in [2.45, 2.75) is 412 Å². The molecule has 0 aliphatic heterocycles. The molecule has 19 heteroatoms. The van der Waals surface area contributed by atoms with Gasteiger partial charge in [0.1, 0.15) is 19.3 Å².